The Morgan fingerprint density at radius 1 is 1.32 bits per heavy atom. The second-order valence-corrected chi connectivity index (χ2v) is 5.80. The Labute approximate surface area is 108 Å². The lowest BCUT2D eigenvalue weighted by atomic mass is 10.2. The van der Waals surface area contributed by atoms with Crippen LogP contribution in [0.2, 0.25) is 0 Å². The molecule has 0 saturated carbocycles. The van der Waals surface area contributed by atoms with E-state index in [1.807, 2.05) is 5.32 Å². The Bertz CT molecular complexity index is 525. The highest BCUT2D eigenvalue weighted by molar-refractivity contribution is 7.94. The van der Waals surface area contributed by atoms with Gasteiger partial charge in [-0.1, -0.05) is 0 Å². The Morgan fingerprint density at radius 3 is 2.37 bits per heavy atom. The van der Waals surface area contributed by atoms with E-state index in [4.69, 9.17) is 10.2 Å². The van der Waals surface area contributed by atoms with Crippen LogP contribution in [-0.2, 0) is 19.4 Å². The summed E-state index contributed by atoms with van der Waals surface area (Å²) < 4.78 is 22.1. The standard InChI is InChI=1S/C9H12N2O7S/c12-7(13)3-6(8(14)15)11-9(16)10-5-1-2-19(17,18)4-5/h1-2,5-6H,3-4H2,(H,12,13)(H,14,15)(H2,10,11,16). The van der Waals surface area contributed by atoms with Crippen LogP contribution in [0.3, 0.4) is 0 Å². The number of carboxylic acid groups (broad SMARTS) is 2. The molecule has 1 heterocycles. The van der Waals surface area contributed by atoms with Crippen molar-refractivity contribution in [2.24, 2.45) is 0 Å². The van der Waals surface area contributed by atoms with Gasteiger partial charge in [0, 0.05) is 5.41 Å². The number of amides is 2. The molecule has 9 nitrogen and oxygen atoms in total. The number of carbonyl (C=O) groups is 3. The lowest BCUT2D eigenvalue weighted by Gasteiger charge is -2.15. The van der Waals surface area contributed by atoms with Crippen LogP contribution in [0.25, 0.3) is 0 Å². The van der Waals surface area contributed by atoms with Gasteiger partial charge in [0.15, 0.2) is 9.84 Å². The highest BCUT2D eigenvalue weighted by atomic mass is 32.2. The van der Waals surface area contributed by atoms with E-state index in [2.05, 4.69) is 5.32 Å². The Balaban J connectivity index is 2.52. The van der Waals surface area contributed by atoms with Crippen molar-refractivity contribution in [3.05, 3.63) is 11.5 Å². The third kappa shape index (κ3) is 4.95. The molecule has 1 aliphatic heterocycles. The summed E-state index contributed by atoms with van der Waals surface area (Å²) in [5.41, 5.74) is 0. The van der Waals surface area contributed by atoms with Crippen LogP contribution >= 0.6 is 0 Å². The predicted molar refractivity (Wildman–Crippen MR) is 62.1 cm³/mol. The number of sulfone groups is 1. The minimum atomic E-state index is -3.34. The summed E-state index contributed by atoms with van der Waals surface area (Å²) in [4.78, 5) is 32.5. The first-order chi connectivity index (χ1) is 8.69. The number of urea groups is 1. The molecule has 106 valence electrons. The minimum Gasteiger partial charge on any atom is -0.481 e. The van der Waals surface area contributed by atoms with Gasteiger partial charge in [0.2, 0.25) is 0 Å². The molecule has 19 heavy (non-hydrogen) atoms. The van der Waals surface area contributed by atoms with Gasteiger partial charge in [-0.3, -0.25) is 4.79 Å². The van der Waals surface area contributed by atoms with Crippen molar-refractivity contribution in [2.75, 3.05) is 5.75 Å². The number of rotatable bonds is 5. The zero-order valence-electron chi connectivity index (χ0n) is 9.57. The number of carbonyl (C=O) groups excluding carboxylic acids is 1. The van der Waals surface area contributed by atoms with Gasteiger partial charge in [-0.25, -0.2) is 18.0 Å². The average molecular weight is 292 g/mol. The Hall–Kier alpha value is -2.10. The number of aliphatic carboxylic acids is 2. The van der Waals surface area contributed by atoms with E-state index in [0.717, 1.165) is 5.41 Å². The van der Waals surface area contributed by atoms with Crippen molar-refractivity contribution in [1.82, 2.24) is 10.6 Å². The van der Waals surface area contributed by atoms with Gasteiger partial charge in [0.25, 0.3) is 0 Å². The molecule has 0 aromatic heterocycles. The quantitative estimate of drug-likeness (QED) is 0.482. The van der Waals surface area contributed by atoms with E-state index >= 15 is 0 Å². The highest BCUT2D eigenvalue weighted by Crippen LogP contribution is 2.07. The fourth-order valence-corrected chi connectivity index (χ4v) is 2.64. The van der Waals surface area contributed by atoms with Crippen molar-refractivity contribution < 1.29 is 33.0 Å². The van der Waals surface area contributed by atoms with Gasteiger partial charge in [0.05, 0.1) is 18.2 Å². The first-order valence-corrected chi connectivity index (χ1v) is 6.84. The molecule has 2 amide bonds. The maximum Gasteiger partial charge on any atom is 0.326 e. The zero-order chi connectivity index (χ0) is 14.6. The smallest absolute Gasteiger partial charge is 0.326 e. The molecular weight excluding hydrogens is 280 g/mol. The van der Waals surface area contributed by atoms with Gasteiger partial charge in [-0.05, 0) is 6.08 Å². The van der Waals surface area contributed by atoms with Crippen molar-refractivity contribution in [3.8, 4) is 0 Å². The van der Waals surface area contributed by atoms with Crippen molar-refractivity contribution in [1.29, 1.82) is 0 Å². The van der Waals surface area contributed by atoms with E-state index in [9.17, 15) is 22.8 Å². The maximum atomic E-state index is 11.4. The van der Waals surface area contributed by atoms with Crippen molar-refractivity contribution in [2.45, 2.75) is 18.5 Å². The maximum absolute atomic E-state index is 11.4. The number of nitrogens with one attached hydrogen (secondary N) is 2. The zero-order valence-corrected chi connectivity index (χ0v) is 10.4. The Morgan fingerprint density at radius 2 is 1.95 bits per heavy atom. The minimum absolute atomic E-state index is 0.308. The van der Waals surface area contributed by atoms with E-state index in [1.165, 1.54) is 6.08 Å². The van der Waals surface area contributed by atoms with E-state index in [1.54, 1.807) is 0 Å². The summed E-state index contributed by atoms with van der Waals surface area (Å²) in [5.74, 6) is -3.18. The molecule has 0 spiro atoms. The normalized spacial score (nSPS) is 21.6. The molecule has 4 N–H and O–H groups in total. The monoisotopic (exact) mass is 292 g/mol. The van der Waals surface area contributed by atoms with Crippen molar-refractivity contribution >= 4 is 27.8 Å². The lowest BCUT2D eigenvalue weighted by Crippen LogP contribution is -2.49. The predicted octanol–water partition coefficient (Wildman–Crippen LogP) is -1.48. The van der Waals surface area contributed by atoms with Crippen LogP contribution in [-0.4, -0.2) is 54.4 Å². The van der Waals surface area contributed by atoms with Gasteiger partial charge in [-0.2, -0.15) is 0 Å². The van der Waals surface area contributed by atoms with Crippen LogP contribution in [0, 0.1) is 0 Å². The first kappa shape index (κ1) is 15.0. The fourth-order valence-electron chi connectivity index (χ4n) is 1.41. The van der Waals surface area contributed by atoms with Gasteiger partial charge >= 0.3 is 18.0 Å². The topological polar surface area (TPSA) is 150 Å². The molecule has 0 bridgehead atoms. The molecule has 1 rings (SSSR count). The van der Waals surface area contributed by atoms with E-state index in [-0.39, 0.29) is 5.75 Å². The molecule has 0 radical (unpaired) electrons. The molecular formula is C9H12N2O7S. The Kier molecular flexibility index (Phi) is 4.48. The average Bonchev–Trinajstić information content (AvgIpc) is 2.56. The fraction of sp³-hybridized carbons (Fsp3) is 0.444. The molecule has 0 aromatic carbocycles. The second-order valence-electron chi connectivity index (χ2n) is 3.87. The molecule has 0 aliphatic carbocycles. The molecule has 2 unspecified atom stereocenters. The molecule has 1 aliphatic rings. The summed E-state index contributed by atoms with van der Waals surface area (Å²) in [7, 11) is -3.34. The van der Waals surface area contributed by atoms with Gasteiger partial charge in [0.1, 0.15) is 6.04 Å². The molecule has 0 fully saturated rings. The molecule has 0 saturated heterocycles. The summed E-state index contributed by atoms with van der Waals surface area (Å²) >= 11 is 0. The lowest BCUT2D eigenvalue weighted by molar-refractivity contribution is -0.145. The van der Waals surface area contributed by atoms with Crippen LogP contribution in [0.15, 0.2) is 11.5 Å². The van der Waals surface area contributed by atoms with Gasteiger partial charge < -0.3 is 20.8 Å². The largest absolute Gasteiger partial charge is 0.481 e. The van der Waals surface area contributed by atoms with Crippen LogP contribution < -0.4 is 10.6 Å². The number of hydrogen-bond acceptors (Lipinski definition) is 5. The second kappa shape index (κ2) is 5.69. The highest BCUT2D eigenvalue weighted by Gasteiger charge is 2.26. The van der Waals surface area contributed by atoms with Gasteiger partial charge in [-0.15, -0.1) is 0 Å². The summed E-state index contributed by atoms with van der Waals surface area (Å²) in [6, 6.07) is -3.29. The van der Waals surface area contributed by atoms with E-state index in [0.29, 0.717) is 0 Å². The van der Waals surface area contributed by atoms with Crippen molar-refractivity contribution in [3.63, 3.8) is 0 Å². The summed E-state index contributed by atoms with van der Waals surface area (Å²) in [6.07, 6.45) is 0.476. The first-order valence-electron chi connectivity index (χ1n) is 5.12. The van der Waals surface area contributed by atoms with Crippen LogP contribution in [0.5, 0.6) is 0 Å². The number of hydrogen-bond donors (Lipinski definition) is 4. The third-order valence-electron chi connectivity index (χ3n) is 2.23. The SMILES string of the molecule is O=C(O)CC(NC(=O)NC1C=CS(=O)(=O)C1)C(=O)O. The molecule has 0 aromatic rings. The van der Waals surface area contributed by atoms with E-state index < -0.39 is 46.3 Å². The molecule has 10 heteroatoms. The molecule has 2 atom stereocenters. The third-order valence-corrected chi connectivity index (χ3v) is 3.62. The van der Waals surface area contributed by atoms with Crippen LogP contribution in [0.1, 0.15) is 6.42 Å². The van der Waals surface area contributed by atoms with Crippen LogP contribution in [0.4, 0.5) is 4.79 Å². The number of carboxylic acids is 2. The summed E-state index contributed by atoms with van der Waals surface area (Å²) in [6.45, 7) is 0. The summed E-state index contributed by atoms with van der Waals surface area (Å²) in [5, 5.41) is 22.3.